The van der Waals surface area contributed by atoms with Crippen molar-refractivity contribution in [2.45, 2.75) is 4.90 Å². The first-order valence-electron chi connectivity index (χ1n) is 9.47. The van der Waals surface area contributed by atoms with E-state index in [4.69, 9.17) is 4.74 Å². The molecule has 1 aliphatic heterocycles. The van der Waals surface area contributed by atoms with Gasteiger partial charge < -0.3 is 10.1 Å². The zero-order valence-electron chi connectivity index (χ0n) is 16.9. The first-order valence-corrected chi connectivity index (χ1v) is 10.9. The Balaban J connectivity index is 1.72. The van der Waals surface area contributed by atoms with Gasteiger partial charge in [0.2, 0.25) is 5.91 Å². The molecule has 0 fully saturated rings. The van der Waals surface area contributed by atoms with Gasteiger partial charge >= 0.3 is 6.03 Å². The second-order valence-electron chi connectivity index (χ2n) is 6.83. The van der Waals surface area contributed by atoms with E-state index in [1.807, 2.05) is 0 Å². The van der Waals surface area contributed by atoms with Crippen LogP contribution in [0, 0.1) is 5.82 Å². The smallest absolute Gasteiger partial charge is 0.343 e. The maximum absolute atomic E-state index is 13.4. The van der Waals surface area contributed by atoms with E-state index in [0.29, 0.717) is 15.7 Å². The molecule has 1 heterocycles. The molecule has 0 spiro atoms. The van der Waals surface area contributed by atoms with Crippen LogP contribution in [0.3, 0.4) is 0 Å². The Bertz CT molecular complexity index is 1290. The lowest BCUT2D eigenvalue weighted by atomic mass is 10.2. The van der Waals surface area contributed by atoms with Gasteiger partial charge in [-0.15, -0.1) is 0 Å². The van der Waals surface area contributed by atoms with Gasteiger partial charge in [-0.05, 0) is 48.5 Å². The fourth-order valence-electron chi connectivity index (χ4n) is 3.37. The Morgan fingerprint density at radius 1 is 1.00 bits per heavy atom. The number of hydrogen-bond donors (Lipinski definition) is 1. The lowest BCUT2D eigenvalue weighted by molar-refractivity contribution is -0.114. The van der Waals surface area contributed by atoms with Crippen LogP contribution in [-0.2, 0) is 14.8 Å². The van der Waals surface area contributed by atoms with Crippen LogP contribution in [0.25, 0.3) is 0 Å². The number of hydrogen-bond acceptors (Lipinski definition) is 5. The van der Waals surface area contributed by atoms with E-state index in [-0.39, 0.29) is 16.3 Å². The van der Waals surface area contributed by atoms with Gasteiger partial charge in [0.1, 0.15) is 23.0 Å². The van der Waals surface area contributed by atoms with Crippen molar-refractivity contribution in [1.29, 1.82) is 0 Å². The summed E-state index contributed by atoms with van der Waals surface area (Å²) < 4.78 is 45.5. The number of anilines is 3. The minimum Gasteiger partial charge on any atom is -0.495 e. The molecule has 0 aromatic heterocycles. The number of nitrogens with one attached hydrogen (secondary N) is 1. The summed E-state index contributed by atoms with van der Waals surface area (Å²) in [4.78, 5) is 27.0. The lowest BCUT2D eigenvalue weighted by Crippen LogP contribution is -2.53. The zero-order chi connectivity index (χ0) is 22.9. The summed E-state index contributed by atoms with van der Waals surface area (Å²) in [6, 6.07) is 16.2. The van der Waals surface area contributed by atoms with Crippen molar-refractivity contribution in [1.82, 2.24) is 0 Å². The number of rotatable bonds is 5. The predicted octanol–water partition coefficient (Wildman–Crippen LogP) is 3.61. The summed E-state index contributed by atoms with van der Waals surface area (Å²) >= 11 is 0. The molecular formula is C22H18FN3O5S. The summed E-state index contributed by atoms with van der Waals surface area (Å²) in [5, 5.41) is 2.67. The number of ether oxygens (including phenoxy) is 1. The van der Waals surface area contributed by atoms with Crippen LogP contribution < -0.4 is 19.3 Å². The quantitative estimate of drug-likeness (QED) is 0.634. The summed E-state index contributed by atoms with van der Waals surface area (Å²) in [6.45, 7) is -0.457. The largest absolute Gasteiger partial charge is 0.495 e. The number of carbonyl (C=O) groups is 2. The number of urea groups is 1. The molecular weight excluding hydrogens is 437 g/mol. The summed E-state index contributed by atoms with van der Waals surface area (Å²) in [7, 11) is -2.81. The van der Waals surface area contributed by atoms with E-state index in [1.165, 1.54) is 37.4 Å². The van der Waals surface area contributed by atoms with E-state index in [1.54, 1.807) is 30.3 Å². The van der Waals surface area contributed by atoms with E-state index < -0.39 is 34.3 Å². The van der Waals surface area contributed by atoms with Gasteiger partial charge in [0, 0.05) is 0 Å². The highest BCUT2D eigenvalue weighted by atomic mass is 32.2. The van der Waals surface area contributed by atoms with Crippen molar-refractivity contribution in [2.75, 3.05) is 28.2 Å². The SMILES string of the molecule is COc1ccccc1NC(=O)CN1C(=O)N(c2ccc(F)cc2)S(=O)(=O)c2ccccc21. The molecule has 0 saturated carbocycles. The Morgan fingerprint density at radius 2 is 1.66 bits per heavy atom. The molecule has 10 heteroatoms. The van der Waals surface area contributed by atoms with Crippen LogP contribution in [0.1, 0.15) is 0 Å². The molecule has 0 unspecified atom stereocenters. The van der Waals surface area contributed by atoms with E-state index >= 15 is 0 Å². The van der Waals surface area contributed by atoms with Gasteiger partial charge in [0.25, 0.3) is 10.0 Å². The minimum absolute atomic E-state index is 0.0407. The number of sulfonamides is 1. The molecule has 8 nitrogen and oxygen atoms in total. The van der Waals surface area contributed by atoms with E-state index in [0.717, 1.165) is 17.0 Å². The van der Waals surface area contributed by atoms with Crippen LogP contribution in [0.15, 0.2) is 77.7 Å². The average Bonchev–Trinajstić information content (AvgIpc) is 2.78. The van der Waals surface area contributed by atoms with Crippen molar-refractivity contribution in [3.63, 3.8) is 0 Å². The van der Waals surface area contributed by atoms with E-state index in [9.17, 15) is 22.4 Å². The number of halogens is 1. The molecule has 0 radical (unpaired) electrons. The lowest BCUT2D eigenvalue weighted by Gasteiger charge is -2.35. The monoisotopic (exact) mass is 455 g/mol. The number of carbonyl (C=O) groups excluding carboxylic acids is 2. The normalized spacial score (nSPS) is 14.6. The van der Waals surface area contributed by atoms with E-state index in [2.05, 4.69) is 5.32 Å². The third-order valence-electron chi connectivity index (χ3n) is 4.82. The summed E-state index contributed by atoms with van der Waals surface area (Å²) in [5.74, 6) is -0.707. The molecule has 32 heavy (non-hydrogen) atoms. The molecule has 3 aromatic rings. The van der Waals surface area contributed by atoms with Gasteiger partial charge in [-0.3, -0.25) is 9.69 Å². The van der Waals surface area contributed by atoms with Gasteiger partial charge in [-0.2, -0.15) is 4.31 Å². The molecule has 164 valence electrons. The molecule has 0 saturated heterocycles. The Labute approximate surface area is 183 Å². The second-order valence-corrected chi connectivity index (χ2v) is 8.59. The number of amides is 3. The molecule has 3 aromatic carbocycles. The van der Waals surface area contributed by atoms with Gasteiger partial charge in [-0.25, -0.2) is 17.6 Å². The average molecular weight is 455 g/mol. The second kappa shape index (κ2) is 8.31. The third kappa shape index (κ3) is 3.76. The van der Waals surface area contributed by atoms with Crippen LogP contribution in [-0.4, -0.2) is 34.0 Å². The number of methoxy groups -OCH3 is 1. The Morgan fingerprint density at radius 3 is 2.38 bits per heavy atom. The molecule has 1 N–H and O–H groups in total. The minimum atomic E-state index is -4.27. The highest BCUT2D eigenvalue weighted by Gasteiger charge is 2.43. The Hall–Kier alpha value is -3.92. The molecule has 4 rings (SSSR count). The molecule has 0 bridgehead atoms. The van der Waals surface area contributed by atoms with Crippen LogP contribution in [0.2, 0.25) is 0 Å². The fourth-order valence-corrected chi connectivity index (χ4v) is 4.97. The Kier molecular flexibility index (Phi) is 5.54. The van der Waals surface area contributed by atoms with Crippen LogP contribution >= 0.6 is 0 Å². The van der Waals surface area contributed by atoms with Crippen molar-refractivity contribution in [2.24, 2.45) is 0 Å². The first-order chi connectivity index (χ1) is 15.3. The van der Waals surface area contributed by atoms with Crippen molar-refractivity contribution in [3.8, 4) is 5.75 Å². The molecule has 0 atom stereocenters. The molecule has 1 aliphatic rings. The number of benzene rings is 3. The van der Waals surface area contributed by atoms with Crippen LogP contribution in [0.5, 0.6) is 5.75 Å². The standard InChI is InChI=1S/C22H18FN3O5S/c1-31-19-8-4-2-6-17(19)24-21(27)14-25-18-7-3-5-9-20(18)32(29,30)26(22(25)28)16-12-10-15(23)11-13-16/h2-13H,14H2,1H3,(H,24,27). The molecule has 0 aliphatic carbocycles. The van der Waals surface area contributed by atoms with Crippen molar-refractivity contribution < 1.29 is 27.1 Å². The fraction of sp³-hybridized carbons (Fsp3) is 0.0909. The highest BCUT2D eigenvalue weighted by molar-refractivity contribution is 7.94. The number of fused-ring (bicyclic) bond motifs is 1. The number of para-hydroxylation sites is 3. The molecule has 3 amide bonds. The number of nitrogens with zero attached hydrogens (tertiary/aromatic N) is 2. The zero-order valence-corrected chi connectivity index (χ0v) is 17.7. The van der Waals surface area contributed by atoms with Gasteiger partial charge in [0.05, 0.1) is 24.2 Å². The maximum atomic E-state index is 13.4. The van der Waals surface area contributed by atoms with Crippen molar-refractivity contribution in [3.05, 3.63) is 78.6 Å². The predicted molar refractivity (Wildman–Crippen MR) is 117 cm³/mol. The third-order valence-corrected chi connectivity index (χ3v) is 6.57. The summed E-state index contributed by atoms with van der Waals surface area (Å²) in [6.07, 6.45) is 0. The van der Waals surface area contributed by atoms with Gasteiger partial charge in [-0.1, -0.05) is 24.3 Å². The van der Waals surface area contributed by atoms with Gasteiger partial charge in [0.15, 0.2) is 0 Å². The summed E-state index contributed by atoms with van der Waals surface area (Å²) in [5.41, 5.74) is 0.438. The highest BCUT2D eigenvalue weighted by Crippen LogP contribution is 2.37. The first kappa shape index (κ1) is 21.3. The van der Waals surface area contributed by atoms with Crippen molar-refractivity contribution >= 4 is 39.0 Å². The maximum Gasteiger partial charge on any atom is 0.343 e. The topological polar surface area (TPSA) is 96.0 Å². The van der Waals surface area contributed by atoms with Crippen LogP contribution in [0.4, 0.5) is 26.2 Å².